The van der Waals surface area contributed by atoms with Crippen LogP contribution in [-0.4, -0.2) is 36.3 Å². The fraction of sp³-hybridized carbons (Fsp3) is 0.750. The molecule has 2 fully saturated rings. The molecular weight excluding hydrogens is 234 g/mol. The molecule has 6 heteroatoms. The summed E-state index contributed by atoms with van der Waals surface area (Å²) in [7, 11) is 0. The van der Waals surface area contributed by atoms with E-state index in [1.54, 1.807) is 0 Å². The molecule has 0 saturated carbocycles. The molecule has 3 amide bonds. The van der Waals surface area contributed by atoms with Gasteiger partial charge in [-0.3, -0.25) is 19.7 Å². The molecule has 2 heterocycles. The van der Waals surface area contributed by atoms with Crippen LogP contribution in [0, 0.1) is 5.92 Å². The molecule has 0 aromatic carbocycles. The lowest BCUT2D eigenvalue weighted by atomic mass is 9.92. The van der Waals surface area contributed by atoms with Gasteiger partial charge >= 0.3 is 0 Å². The highest BCUT2D eigenvalue weighted by atomic mass is 16.2. The Morgan fingerprint density at radius 3 is 2.78 bits per heavy atom. The zero-order valence-electron chi connectivity index (χ0n) is 10.5. The van der Waals surface area contributed by atoms with Gasteiger partial charge in [0.05, 0.1) is 0 Å². The summed E-state index contributed by atoms with van der Waals surface area (Å²) in [6.45, 7) is 2.88. The van der Waals surface area contributed by atoms with Crippen LogP contribution < -0.4 is 16.0 Å². The largest absolute Gasteiger partial charge is 0.344 e. The van der Waals surface area contributed by atoms with Crippen molar-refractivity contribution in [2.24, 2.45) is 5.92 Å². The van der Waals surface area contributed by atoms with Crippen LogP contribution >= 0.6 is 0 Å². The molecule has 2 saturated heterocycles. The van der Waals surface area contributed by atoms with E-state index < -0.39 is 6.04 Å². The summed E-state index contributed by atoms with van der Waals surface area (Å²) in [6.07, 6.45) is 2.28. The van der Waals surface area contributed by atoms with Crippen LogP contribution in [0.25, 0.3) is 0 Å². The number of carbonyl (C=O) groups excluding carboxylic acids is 3. The second kappa shape index (κ2) is 5.48. The zero-order chi connectivity index (χ0) is 13.1. The quantitative estimate of drug-likeness (QED) is 0.568. The van der Waals surface area contributed by atoms with Gasteiger partial charge in [-0.2, -0.15) is 0 Å². The minimum atomic E-state index is -0.555. The van der Waals surface area contributed by atoms with E-state index in [9.17, 15) is 14.4 Å². The second-order valence-electron chi connectivity index (χ2n) is 5.09. The Morgan fingerprint density at radius 1 is 1.33 bits per heavy atom. The molecule has 3 unspecified atom stereocenters. The Labute approximate surface area is 106 Å². The van der Waals surface area contributed by atoms with Crippen molar-refractivity contribution in [3.63, 3.8) is 0 Å². The van der Waals surface area contributed by atoms with E-state index in [0.717, 1.165) is 19.4 Å². The molecule has 6 nitrogen and oxygen atoms in total. The lowest BCUT2D eigenvalue weighted by Gasteiger charge is -2.29. The van der Waals surface area contributed by atoms with E-state index in [-0.39, 0.29) is 23.6 Å². The number of hydrogen-bond donors (Lipinski definition) is 3. The highest BCUT2D eigenvalue weighted by Gasteiger charge is 2.31. The number of carbonyl (C=O) groups is 3. The maximum absolute atomic E-state index is 12.0. The predicted molar refractivity (Wildman–Crippen MR) is 64.5 cm³/mol. The van der Waals surface area contributed by atoms with Gasteiger partial charge in [-0.25, -0.2) is 0 Å². The van der Waals surface area contributed by atoms with Gasteiger partial charge in [0, 0.05) is 18.4 Å². The van der Waals surface area contributed by atoms with Crippen molar-refractivity contribution in [1.29, 1.82) is 0 Å². The average molecular weight is 253 g/mol. The van der Waals surface area contributed by atoms with Gasteiger partial charge in [-0.1, -0.05) is 0 Å². The maximum atomic E-state index is 12.0. The van der Waals surface area contributed by atoms with Crippen LogP contribution in [0.1, 0.15) is 32.6 Å². The molecule has 2 aliphatic rings. The van der Waals surface area contributed by atoms with Crippen molar-refractivity contribution in [3.05, 3.63) is 0 Å². The number of rotatable bonds is 2. The fourth-order valence-corrected chi connectivity index (χ4v) is 2.49. The summed E-state index contributed by atoms with van der Waals surface area (Å²) >= 11 is 0. The van der Waals surface area contributed by atoms with Gasteiger partial charge in [-0.05, 0) is 32.7 Å². The minimum Gasteiger partial charge on any atom is -0.344 e. The Balaban J connectivity index is 1.87. The average Bonchev–Trinajstić information content (AvgIpc) is 2.32. The van der Waals surface area contributed by atoms with E-state index in [1.165, 1.54) is 0 Å². The van der Waals surface area contributed by atoms with Gasteiger partial charge in [0.2, 0.25) is 17.7 Å². The third-order valence-corrected chi connectivity index (χ3v) is 3.55. The first-order valence-electron chi connectivity index (χ1n) is 6.43. The first kappa shape index (κ1) is 13.0. The first-order chi connectivity index (χ1) is 8.56. The maximum Gasteiger partial charge on any atom is 0.249 e. The molecule has 0 aromatic rings. The van der Waals surface area contributed by atoms with Gasteiger partial charge in [0.1, 0.15) is 6.04 Å². The van der Waals surface area contributed by atoms with Crippen LogP contribution in [0.15, 0.2) is 0 Å². The van der Waals surface area contributed by atoms with Gasteiger partial charge < -0.3 is 10.6 Å². The molecule has 2 aliphatic heterocycles. The number of piperidine rings is 2. The van der Waals surface area contributed by atoms with Crippen LogP contribution in [-0.2, 0) is 14.4 Å². The smallest absolute Gasteiger partial charge is 0.249 e. The number of amides is 3. The van der Waals surface area contributed by atoms with Crippen molar-refractivity contribution in [1.82, 2.24) is 16.0 Å². The van der Waals surface area contributed by atoms with Gasteiger partial charge in [-0.15, -0.1) is 0 Å². The summed E-state index contributed by atoms with van der Waals surface area (Å²) < 4.78 is 0. The third-order valence-electron chi connectivity index (χ3n) is 3.55. The van der Waals surface area contributed by atoms with E-state index in [0.29, 0.717) is 18.9 Å². The molecule has 3 atom stereocenters. The number of nitrogens with one attached hydrogen (secondary N) is 3. The van der Waals surface area contributed by atoms with Crippen LogP contribution in [0.4, 0.5) is 0 Å². The van der Waals surface area contributed by atoms with Crippen molar-refractivity contribution in [2.75, 3.05) is 6.54 Å². The molecule has 3 N–H and O–H groups in total. The monoisotopic (exact) mass is 253 g/mol. The first-order valence-corrected chi connectivity index (χ1v) is 6.43. The number of imide groups is 1. The van der Waals surface area contributed by atoms with Gasteiger partial charge in [0.25, 0.3) is 0 Å². The summed E-state index contributed by atoms with van der Waals surface area (Å²) in [5.74, 6) is -0.757. The third kappa shape index (κ3) is 3.07. The lowest BCUT2D eigenvalue weighted by molar-refractivity contribution is -0.138. The lowest BCUT2D eigenvalue weighted by Crippen LogP contribution is -2.54. The molecular formula is C12H19N3O3. The van der Waals surface area contributed by atoms with E-state index in [1.807, 2.05) is 6.92 Å². The Bertz CT molecular complexity index is 370. The molecule has 100 valence electrons. The Morgan fingerprint density at radius 2 is 2.11 bits per heavy atom. The summed E-state index contributed by atoms with van der Waals surface area (Å²) in [5.41, 5.74) is 0. The highest BCUT2D eigenvalue weighted by molar-refractivity contribution is 6.01. The fourth-order valence-electron chi connectivity index (χ4n) is 2.49. The van der Waals surface area contributed by atoms with E-state index in [4.69, 9.17) is 0 Å². The van der Waals surface area contributed by atoms with Crippen LogP contribution in [0.2, 0.25) is 0 Å². The van der Waals surface area contributed by atoms with Crippen LogP contribution in [0.5, 0.6) is 0 Å². The zero-order valence-corrected chi connectivity index (χ0v) is 10.5. The number of hydrogen-bond acceptors (Lipinski definition) is 4. The van der Waals surface area contributed by atoms with E-state index >= 15 is 0 Å². The molecule has 2 rings (SSSR count). The Hall–Kier alpha value is -1.43. The topological polar surface area (TPSA) is 87.3 Å². The van der Waals surface area contributed by atoms with Crippen molar-refractivity contribution in [2.45, 2.75) is 44.7 Å². The van der Waals surface area contributed by atoms with Crippen molar-refractivity contribution < 1.29 is 14.4 Å². The predicted octanol–water partition coefficient (Wildman–Crippen LogP) is -0.704. The second-order valence-corrected chi connectivity index (χ2v) is 5.09. The summed E-state index contributed by atoms with van der Waals surface area (Å²) in [4.78, 5) is 34.6. The molecule has 0 radical (unpaired) electrons. The Kier molecular flexibility index (Phi) is 3.96. The van der Waals surface area contributed by atoms with E-state index in [2.05, 4.69) is 16.0 Å². The highest BCUT2D eigenvalue weighted by Crippen LogP contribution is 2.17. The SMILES string of the molecule is CC1CC(C(=O)NC2CCC(=O)NC2=O)CCN1. The molecule has 0 bridgehead atoms. The molecule has 0 aromatic heterocycles. The minimum absolute atomic E-state index is 0.0355. The van der Waals surface area contributed by atoms with Crippen molar-refractivity contribution >= 4 is 17.7 Å². The molecule has 18 heavy (non-hydrogen) atoms. The standard InChI is InChI=1S/C12H19N3O3/c1-7-6-8(4-5-13-7)11(17)14-9-2-3-10(16)15-12(9)18/h7-9,13H,2-6H2,1H3,(H,14,17)(H,15,16,18). The summed E-state index contributed by atoms with van der Waals surface area (Å²) in [6, 6.07) is -0.225. The van der Waals surface area contributed by atoms with Gasteiger partial charge in [0.15, 0.2) is 0 Å². The van der Waals surface area contributed by atoms with Crippen molar-refractivity contribution in [3.8, 4) is 0 Å². The molecule has 0 aliphatic carbocycles. The molecule has 0 spiro atoms. The van der Waals surface area contributed by atoms with Crippen LogP contribution in [0.3, 0.4) is 0 Å². The normalized spacial score (nSPS) is 32.8. The summed E-state index contributed by atoms with van der Waals surface area (Å²) in [5, 5.41) is 8.27.